The highest BCUT2D eigenvalue weighted by molar-refractivity contribution is 5.69. The lowest BCUT2D eigenvalue weighted by Crippen LogP contribution is -1.96. The Bertz CT molecular complexity index is 502. The average molecular weight is 221 g/mol. The first-order valence-electron chi connectivity index (χ1n) is 4.75. The van der Waals surface area contributed by atoms with Crippen molar-refractivity contribution in [3.8, 4) is 17.0 Å². The van der Waals surface area contributed by atoms with Gasteiger partial charge in [0.15, 0.2) is 0 Å². The number of aryl methyl sites for hydroxylation is 1. The van der Waals surface area contributed by atoms with Crippen molar-refractivity contribution in [2.45, 2.75) is 0 Å². The lowest BCUT2D eigenvalue weighted by molar-refractivity contribution is 0.413. The number of hydrogen-bond acceptors (Lipinski definition) is 3. The fraction of sp³-hybridized carbons (Fsp3) is 0.182. The second-order valence-corrected chi connectivity index (χ2v) is 3.42. The molecule has 0 atom stereocenters. The summed E-state index contributed by atoms with van der Waals surface area (Å²) in [5, 5.41) is 4.21. The first-order chi connectivity index (χ1) is 7.61. The summed E-state index contributed by atoms with van der Waals surface area (Å²) in [7, 11) is 3.24. The van der Waals surface area contributed by atoms with Crippen LogP contribution < -0.4 is 10.5 Å². The van der Waals surface area contributed by atoms with Crippen molar-refractivity contribution >= 4 is 5.82 Å². The summed E-state index contributed by atoms with van der Waals surface area (Å²) in [6, 6.07) is 6.02. The van der Waals surface area contributed by atoms with Crippen molar-refractivity contribution in [3.63, 3.8) is 0 Å². The summed E-state index contributed by atoms with van der Waals surface area (Å²) >= 11 is 0. The maximum Gasteiger partial charge on any atom is 0.131 e. The third kappa shape index (κ3) is 1.71. The second-order valence-electron chi connectivity index (χ2n) is 3.42. The molecule has 0 amide bonds. The van der Waals surface area contributed by atoms with Crippen molar-refractivity contribution in [1.29, 1.82) is 0 Å². The molecule has 0 bridgehead atoms. The highest BCUT2D eigenvalue weighted by atomic mass is 19.1. The molecule has 5 heteroatoms. The summed E-state index contributed by atoms with van der Waals surface area (Å²) < 4.78 is 19.7. The molecule has 0 unspecified atom stereocenters. The van der Waals surface area contributed by atoms with E-state index in [1.807, 2.05) is 0 Å². The Hall–Kier alpha value is -2.04. The highest BCUT2D eigenvalue weighted by Gasteiger charge is 2.11. The van der Waals surface area contributed by atoms with E-state index in [1.165, 1.54) is 19.2 Å². The Morgan fingerprint density at radius 2 is 2.12 bits per heavy atom. The van der Waals surface area contributed by atoms with E-state index in [1.54, 1.807) is 23.9 Å². The minimum absolute atomic E-state index is 0.343. The molecule has 1 heterocycles. The number of methoxy groups -OCH3 is 1. The van der Waals surface area contributed by atoms with Gasteiger partial charge in [0.1, 0.15) is 17.4 Å². The monoisotopic (exact) mass is 221 g/mol. The minimum Gasteiger partial charge on any atom is -0.496 e. The Kier molecular flexibility index (Phi) is 2.52. The summed E-state index contributed by atoms with van der Waals surface area (Å²) in [5.74, 6) is 0.643. The van der Waals surface area contributed by atoms with Crippen molar-refractivity contribution in [2.24, 2.45) is 7.05 Å². The van der Waals surface area contributed by atoms with E-state index in [0.717, 1.165) is 5.56 Å². The maximum atomic E-state index is 13.0. The van der Waals surface area contributed by atoms with Gasteiger partial charge < -0.3 is 10.5 Å². The van der Waals surface area contributed by atoms with Gasteiger partial charge >= 0.3 is 0 Å². The van der Waals surface area contributed by atoms with E-state index in [0.29, 0.717) is 17.3 Å². The number of ether oxygens (including phenoxy) is 1. The fourth-order valence-corrected chi connectivity index (χ4v) is 1.49. The molecule has 2 N–H and O–H groups in total. The third-order valence-electron chi connectivity index (χ3n) is 2.36. The molecule has 0 spiro atoms. The molecule has 2 rings (SSSR count). The molecule has 2 aromatic rings. The van der Waals surface area contributed by atoms with Crippen LogP contribution >= 0.6 is 0 Å². The number of rotatable bonds is 2. The van der Waals surface area contributed by atoms with Gasteiger partial charge in [0.05, 0.1) is 12.8 Å². The number of aromatic nitrogens is 2. The second kappa shape index (κ2) is 3.84. The molecule has 4 nitrogen and oxygen atoms in total. The number of halogens is 1. The number of benzene rings is 1. The van der Waals surface area contributed by atoms with E-state index in [2.05, 4.69) is 5.10 Å². The first kappa shape index (κ1) is 10.5. The van der Waals surface area contributed by atoms with Gasteiger partial charge in [0.25, 0.3) is 0 Å². The van der Waals surface area contributed by atoms with E-state index >= 15 is 0 Å². The van der Waals surface area contributed by atoms with Crippen LogP contribution in [0.25, 0.3) is 11.3 Å². The summed E-state index contributed by atoms with van der Waals surface area (Å²) in [4.78, 5) is 0. The summed E-state index contributed by atoms with van der Waals surface area (Å²) in [6.07, 6.45) is 0. The predicted molar refractivity (Wildman–Crippen MR) is 59.6 cm³/mol. The van der Waals surface area contributed by atoms with Crippen LogP contribution in [-0.4, -0.2) is 16.9 Å². The van der Waals surface area contributed by atoms with Crippen LogP contribution in [0.3, 0.4) is 0 Å². The van der Waals surface area contributed by atoms with Gasteiger partial charge in [-0.3, -0.25) is 4.68 Å². The van der Waals surface area contributed by atoms with Crippen molar-refractivity contribution in [1.82, 2.24) is 9.78 Å². The average Bonchev–Trinajstić information content (AvgIpc) is 2.59. The predicted octanol–water partition coefficient (Wildman–Crippen LogP) is 1.82. The van der Waals surface area contributed by atoms with Crippen LogP contribution in [0.2, 0.25) is 0 Å². The topological polar surface area (TPSA) is 53.1 Å². The molecule has 0 aliphatic carbocycles. The van der Waals surface area contributed by atoms with E-state index in [9.17, 15) is 4.39 Å². The van der Waals surface area contributed by atoms with Crippen molar-refractivity contribution in [3.05, 3.63) is 30.1 Å². The van der Waals surface area contributed by atoms with Gasteiger partial charge in [0, 0.05) is 24.7 Å². The fourth-order valence-electron chi connectivity index (χ4n) is 1.49. The molecule has 0 saturated heterocycles. The zero-order valence-corrected chi connectivity index (χ0v) is 9.07. The van der Waals surface area contributed by atoms with Gasteiger partial charge in [-0.25, -0.2) is 4.39 Å². The number of nitrogens with zero attached hydrogens (tertiary/aromatic N) is 2. The molecule has 0 aliphatic heterocycles. The van der Waals surface area contributed by atoms with Crippen LogP contribution in [0.4, 0.5) is 10.2 Å². The van der Waals surface area contributed by atoms with E-state index in [4.69, 9.17) is 10.5 Å². The Morgan fingerprint density at radius 1 is 1.38 bits per heavy atom. The molecule has 0 saturated carbocycles. The van der Waals surface area contributed by atoms with Gasteiger partial charge in [-0.1, -0.05) is 0 Å². The molecular formula is C11H12FN3O. The lowest BCUT2D eigenvalue weighted by Gasteiger charge is -2.05. The SMILES string of the molecule is COc1cc(F)ccc1-c1cc(N)n(C)n1. The number of nitrogen functional groups attached to an aromatic ring is 1. The van der Waals surface area contributed by atoms with Crippen LogP contribution in [0.1, 0.15) is 0 Å². The normalized spacial score (nSPS) is 10.4. The molecular weight excluding hydrogens is 209 g/mol. The Labute approximate surface area is 92.4 Å². The maximum absolute atomic E-state index is 13.0. The summed E-state index contributed by atoms with van der Waals surface area (Å²) in [6.45, 7) is 0. The molecule has 1 aromatic carbocycles. The number of hydrogen-bond donors (Lipinski definition) is 1. The van der Waals surface area contributed by atoms with Crippen LogP contribution in [0, 0.1) is 5.82 Å². The van der Waals surface area contributed by atoms with E-state index in [-0.39, 0.29) is 5.82 Å². The largest absolute Gasteiger partial charge is 0.496 e. The van der Waals surface area contributed by atoms with Crippen molar-refractivity contribution < 1.29 is 9.13 Å². The lowest BCUT2D eigenvalue weighted by atomic mass is 10.1. The van der Waals surface area contributed by atoms with Crippen molar-refractivity contribution in [2.75, 3.05) is 12.8 Å². The molecule has 0 radical (unpaired) electrons. The third-order valence-corrected chi connectivity index (χ3v) is 2.36. The molecule has 1 aromatic heterocycles. The quantitative estimate of drug-likeness (QED) is 0.841. The standard InChI is InChI=1S/C11H12FN3O/c1-15-11(13)6-9(14-15)8-4-3-7(12)5-10(8)16-2/h3-6H,13H2,1-2H3. The van der Waals surface area contributed by atoms with Gasteiger partial charge in [-0.2, -0.15) is 5.10 Å². The van der Waals surface area contributed by atoms with Gasteiger partial charge in [-0.05, 0) is 12.1 Å². The van der Waals surface area contributed by atoms with E-state index < -0.39 is 0 Å². The first-order valence-corrected chi connectivity index (χ1v) is 4.75. The van der Waals surface area contributed by atoms with Crippen LogP contribution in [0.15, 0.2) is 24.3 Å². The molecule has 16 heavy (non-hydrogen) atoms. The van der Waals surface area contributed by atoms with Crippen LogP contribution in [-0.2, 0) is 7.05 Å². The molecule has 84 valence electrons. The van der Waals surface area contributed by atoms with Gasteiger partial charge in [0.2, 0.25) is 0 Å². The smallest absolute Gasteiger partial charge is 0.131 e. The summed E-state index contributed by atoms with van der Waals surface area (Å²) in [5.41, 5.74) is 7.07. The minimum atomic E-state index is -0.343. The number of nitrogens with two attached hydrogens (primary N) is 1. The highest BCUT2D eigenvalue weighted by Crippen LogP contribution is 2.30. The number of anilines is 1. The Morgan fingerprint density at radius 3 is 2.69 bits per heavy atom. The van der Waals surface area contributed by atoms with Gasteiger partial charge in [-0.15, -0.1) is 0 Å². The molecule has 0 aliphatic rings. The zero-order valence-electron chi connectivity index (χ0n) is 9.07. The molecule has 0 fully saturated rings. The Balaban J connectivity index is 2.55. The zero-order chi connectivity index (χ0) is 11.7. The van der Waals surface area contributed by atoms with Crippen LogP contribution in [0.5, 0.6) is 5.75 Å².